The third-order valence-corrected chi connectivity index (χ3v) is 4.36. The van der Waals surface area contributed by atoms with Gasteiger partial charge in [-0.3, -0.25) is 0 Å². The minimum absolute atomic E-state index is 0.0534. The van der Waals surface area contributed by atoms with E-state index < -0.39 is 5.82 Å². The number of rotatable bonds is 4. The highest BCUT2D eigenvalue weighted by Crippen LogP contribution is 2.31. The molecule has 0 fully saturated rings. The van der Waals surface area contributed by atoms with Crippen LogP contribution in [0.15, 0.2) is 39.3 Å². The summed E-state index contributed by atoms with van der Waals surface area (Å²) in [5.41, 5.74) is 7.55. The Balaban J connectivity index is 2.15. The molecule has 0 saturated carbocycles. The van der Waals surface area contributed by atoms with E-state index in [1.165, 1.54) is 12.1 Å². The second-order valence-corrected chi connectivity index (χ2v) is 6.23. The molecule has 0 atom stereocenters. The number of nitrogens with two attached hydrogens (primary N) is 1. The highest BCUT2D eigenvalue weighted by atomic mass is 79.9. The first kappa shape index (κ1) is 15.8. The summed E-state index contributed by atoms with van der Waals surface area (Å²) in [7, 11) is 0. The number of hydrogen-bond acceptors (Lipinski definition) is 2. The molecule has 0 aliphatic rings. The predicted molar refractivity (Wildman–Crippen MR) is 85.5 cm³/mol. The van der Waals surface area contributed by atoms with Crippen LogP contribution in [0.5, 0.6) is 5.75 Å². The topological polar surface area (TPSA) is 35.2 Å². The number of halogens is 4. The van der Waals surface area contributed by atoms with E-state index in [4.69, 9.17) is 22.1 Å². The van der Waals surface area contributed by atoms with Gasteiger partial charge in [0.25, 0.3) is 0 Å². The molecule has 2 aromatic carbocycles. The first-order chi connectivity index (χ1) is 9.51. The largest absolute Gasteiger partial charge is 0.488 e. The zero-order valence-corrected chi connectivity index (χ0v) is 14.2. The molecule has 2 N–H and O–H groups in total. The Kier molecular flexibility index (Phi) is 5.43. The number of hydrogen-bond donors (Lipinski definition) is 1. The average molecular weight is 424 g/mol. The van der Waals surface area contributed by atoms with E-state index in [2.05, 4.69) is 31.9 Å². The van der Waals surface area contributed by atoms with Crippen molar-refractivity contribution in [2.24, 2.45) is 5.73 Å². The summed E-state index contributed by atoms with van der Waals surface area (Å²) >= 11 is 12.4. The first-order valence-electron chi connectivity index (χ1n) is 5.76. The molecule has 0 heterocycles. The summed E-state index contributed by atoms with van der Waals surface area (Å²) in [4.78, 5) is 0. The van der Waals surface area contributed by atoms with E-state index in [-0.39, 0.29) is 5.02 Å². The second-order valence-electron chi connectivity index (χ2n) is 4.12. The quantitative estimate of drug-likeness (QED) is 0.699. The Morgan fingerprint density at radius 2 is 1.90 bits per heavy atom. The van der Waals surface area contributed by atoms with Crippen molar-refractivity contribution >= 4 is 43.5 Å². The molecule has 0 bridgehead atoms. The lowest BCUT2D eigenvalue weighted by Crippen LogP contribution is -2.00. The average Bonchev–Trinajstić information content (AvgIpc) is 2.42. The SMILES string of the molecule is NCc1ccc(COc2cc(F)c(Cl)cc2Br)c(Br)c1. The van der Waals surface area contributed by atoms with Crippen LogP contribution < -0.4 is 10.5 Å². The van der Waals surface area contributed by atoms with Gasteiger partial charge in [-0.15, -0.1) is 0 Å². The van der Waals surface area contributed by atoms with Crippen LogP contribution in [0.3, 0.4) is 0 Å². The van der Waals surface area contributed by atoms with Gasteiger partial charge in [0.05, 0.1) is 9.50 Å². The fourth-order valence-electron chi connectivity index (χ4n) is 1.61. The minimum Gasteiger partial charge on any atom is -0.488 e. The van der Waals surface area contributed by atoms with Crippen LogP contribution in [0.1, 0.15) is 11.1 Å². The molecule has 0 aliphatic heterocycles. The minimum atomic E-state index is -0.512. The van der Waals surface area contributed by atoms with Crippen LogP contribution in [0.2, 0.25) is 5.02 Å². The molecule has 0 unspecified atom stereocenters. The van der Waals surface area contributed by atoms with Crippen molar-refractivity contribution in [3.8, 4) is 5.75 Å². The van der Waals surface area contributed by atoms with Gasteiger partial charge in [-0.1, -0.05) is 39.7 Å². The van der Waals surface area contributed by atoms with E-state index in [0.717, 1.165) is 15.6 Å². The molecular formula is C14H11Br2ClFNO. The maximum atomic E-state index is 13.4. The van der Waals surface area contributed by atoms with E-state index in [9.17, 15) is 4.39 Å². The third-order valence-electron chi connectivity index (χ3n) is 2.71. The summed E-state index contributed by atoms with van der Waals surface area (Å²) in [6, 6.07) is 8.52. The lowest BCUT2D eigenvalue weighted by molar-refractivity contribution is 0.302. The van der Waals surface area contributed by atoms with Crippen LogP contribution in [-0.4, -0.2) is 0 Å². The highest BCUT2D eigenvalue weighted by Gasteiger charge is 2.09. The molecule has 0 amide bonds. The Morgan fingerprint density at radius 3 is 2.55 bits per heavy atom. The molecule has 2 nitrogen and oxygen atoms in total. The summed E-state index contributed by atoms with van der Waals surface area (Å²) in [5, 5.41) is 0.0534. The van der Waals surface area contributed by atoms with Crippen LogP contribution in [0.25, 0.3) is 0 Å². The first-order valence-corrected chi connectivity index (χ1v) is 7.72. The summed E-state index contributed by atoms with van der Waals surface area (Å²) < 4.78 is 20.5. The maximum absolute atomic E-state index is 13.4. The molecule has 20 heavy (non-hydrogen) atoms. The van der Waals surface area contributed by atoms with Gasteiger partial charge in [0, 0.05) is 22.6 Å². The monoisotopic (exact) mass is 421 g/mol. The molecule has 0 saturated heterocycles. The van der Waals surface area contributed by atoms with Gasteiger partial charge < -0.3 is 10.5 Å². The van der Waals surface area contributed by atoms with Crippen molar-refractivity contribution in [2.75, 3.05) is 0 Å². The van der Waals surface area contributed by atoms with Gasteiger partial charge in [-0.25, -0.2) is 4.39 Å². The van der Waals surface area contributed by atoms with Crippen molar-refractivity contribution < 1.29 is 9.13 Å². The normalized spacial score (nSPS) is 10.7. The van der Waals surface area contributed by atoms with E-state index in [1.54, 1.807) is 0 Å². The Labute approximate surface area is 138 Å². The predicted octanol–water partition coefficient (Wildman–Crippen LogP) is 5.04. The number of ether oxygens (including phenoxy) is 1. The van der Waals surface area contributed by atoms with Crippen molar-refractivity contribution in [1.29, 1.82) is 0 Å². The van der Waals surface area contributed by atoms with Crippen molar-refractivity contribution in [2.45, 2.75) is 13.2 Å². The fraction of sp³-hybridized carbons (Fsp3) is 0.143. The zero-order valence-electron chi connectivity index (χ0n) is 10.3. The van der Waals surface area contributed by atoms with Gasteiger partial charge in [0.2, 0.25) is 0 Å². The molecule has 0 radical (unpaired) electrons. The molecule has 106 valence electrons. The third kappa shape index (κ3) is 3.73. The lowest BCUT2D eigenvalue weighted by atomic mass is 10.1. The zero-order chi connectivity index (χ0) is 14.7. The van der Waals surface area contributed by atoms with Crippen LogP contribution >= 0.6 is 43.5 Å². The van der Waals surface area contributed by atoms with Crippen LogP contribution in [0, 0.1) is 5.82 Å². The van der Waals surface area contributed by atoms with Crippen molar-refractivity contribution in [1.82, 2.24) is 0 Å². The van der Waals surface area contributed by atoms with Gasteiger partial charge in [-0.05, 0) is 33.6 Å². The van der Waals surface area contributed by atoms with Crippen molar-refractivity contribution in [3.05, 3.63) is 61.2 Å². The number of benzene rings is 2. The van der Waals surface area contributed by atoms with Crippen molar-refractivity contribution in [3.63, 3.8) is 0 Å². The van der Waals surface area contributed by atoms with Gasteiger partial charge in [0.15, 0.2) is 0 Å². The summed E-state index contributed by atoms with van der Waals surface area (Å²) in [6.07, 6.45) is 0. The molecule has 2 rings (SSSR count). The molecule has 6 heteroatoms. The van der Waals surface area contributed by atoms with Gasteiger partial charge in [-0.2, -0.15) is 0 Å². The van der Waals surface area contributed by atoms with Crippen LogP contribution in [-0.2, 0) is 13.2 Å². The Hall–Kier alpha value is -0.620. The smallest absolute Gasteiger partial charge is 0.145 e. The van der Waals surface area contributed by atoms with Crippen LogP contribution in [0.4, 0.5) is 4.39 Å². The maximum Gasteiger partial charge on any atom is 0.145 e. The summed E-state index contributed by atoms with van der Waals surface area (Å²) in [6.45, 7) is 0.790. The Bertz CT molecular complexity index is 637. The van der Waals surface area contributed by atoms with E-state index in [1.807, 2.05) is 18.2 Å². The highest BCUT2D eigenvalue weighted by molar-refractivity contribution is 9.10. The van der Waals surface area contributed by atoms with Gasteiger partial charge >= 0.3 is 0 Å². The van der Waals surface area contributed by atoms with E-state index in [0.29, 0.717) is 23.4 Å². The fourth-order valence-corrected chi connectivity index (χ4v) is 2.90. The molecule has 0 spiro atoms. The standard InChI is InChI=1S/C14H11Br2ClFNO/c15-10-3-8(6-19)1-2-9(10)7-20-14-5-13(18)12(17)4-11(14)16/h1-5H,6-7,19H2. The van der Waals surface area contributed by atoms with Gasteiger partial charge in [0.1, 0.15) is 18.2 Å². The second kappa shape index (κ2) is 6.89. The lowest BCUT2D eigenvalue weighted by Gasteiger charge is -2.11. The summed E-state index contributed by atoms with van der Waals surface area (Å²) in [5.74, 6) is -0.107. The molecule has 2 aromatic rings. The molecule has 0 aromatic heterocycles. The van der Waals surface area contributed by atoms with E-state index >= 15 is 0 Å². The molecule has 0 aliphatic carbocycles. The Morgan fingerprint density at radius 1 is 1.15 bits per heavy atom. The molecular weight excluding hydrogens is 412 g/mol.